The molecule has 2 saturated heterocycles. The molecule has 160 valence electrons. The van der Waals surface area contributed by atoms with Crippen LogP contribution < -0.4 is 15.4 Å². The number of hydrogen-bond acceptors (Lipinski definition) is 6. The van der Waals surface area contributed by atoms with Crippen molar-refractivity contribution >= 4 is 28.3 Å². The summed E-state index contributed by atoms with van der Waals surface area (Å²) in [7, 11) is 1.69. The Bertz CT molecular complexity index is 1200. The first-order valence-electron chi connectivity index (χ1n) is 10.7. The normalized spacial score (nSPS) is 19.0. The number of anilines is 2. The Morgan fingerprint density at radius 2 is 1.97 bits per heavy atom. The van der Waals surface area contributed by atoms with Crippen molar-refractivity contribution in [2.24, 2.45) is 13.0 Å². The van der Waals surface area contributed by atoms with Gasteiger partial charge in [0.05, 0.1) is 17.5 Å². The van der Waals surface area contributed by atoms with E-state index in [0.717, 1.165) is 42.9 Å². The van der Waals surface area contributed by atoms with E-state index in [-0.39, 0.29) is 24.0 Å². The number of amides is 1. The van der Waals surface area contributed by atoms with E-state index in [1.807, 2.05) is 35.2 Å². The first-order chi connectivity index (χ1) is 15.0. The molecule has 3 aromatic rings. The number of carbonyl (C=O) groups is 1. The van der Waals surface area contributed by atoms with Crippen LogP contribution in [-0.2, 0) is 11.8 Å². The van der Waals surface area contributed by atoms with Crippen LogP contribution in [0.4, 0.5) is 11.5 Å². The van der Waals surface area contributed by atoms with Crippen molar-refractivity contribution in [2.75, 3.05) is 36.0 Å². The smallest absolute Gasteiger partial charge is 0.264 e. The molecular weight excluding hydrogens is 394 g/mol. The standard InChI is InChI=1S/C23H25N5O3/c1-26-14-24-19-11-18(16-4-6-17(7-5-16)28-9-2-3-20(28)30)25-22(21(19)23(26)31)27-10-8-15(12-27)13-29/h4-7,11,14-15,29H,2-3,8-10,12-13H2,1H3. The zero-order chi connectivity index (χ0) is 21.5. The summed E-state index contributed by atoms with van der Waals surface area (Å²) in [4.78, 5) is 38.2. The summed E-state index contributed by atoms with van der Waals surface area (Å²) in [6.45, 7) is 2.28. The maximum absolute atomic E-state index is 12.9. The number of aliphatic hydroxyl groups is 1. The van der Waals surface area contributed by atoms with Gasteiger partial charge >= 0.3 is 0 Å². The van der Waals surface area contributed by atoms with Gasteiger partial charge in [-0.1, -0.05) is 12.1 Å². The van der Waals surface area contributed by atoms with E-state index in [2.05, 4.69) is 9.88 Å². The van der Waals surface area contributed by atoms with Gasteiger partial charge in [0.25, 0.3) is 5.56 Å². The Balaban J connectivity index is 1.59. The van der Waals surface area contributed by atoms with Crippen LogP contribution in [0.15, 0.2) is 41.5 Å². The van der Waals surface area contributed by atoms with Crippen LogP contribution in [0.3, 0.4) is 0 Å². The van der Waals surface area contributed by atoms with E-state index in [1.54, 1.807) is 7.05 Å². The average Bonchev–Trinajstić information content (AvgIpc) is 3.45. The Kier molecular flexibility index (Phi) is 4.94. The lowest BCUT2D eigenvalue weighted by atomic mass is 10.1. The predicted octanol–water partition coefficient (Wildman–Crippen LogP) is 1.94. The molecule has 0 spiro atoms. The van der Waals surface area contributed by atoms with Gasteiger partial charge in [-0.2, -0.15) is 0 Å². The summed E-state index contributed by atoms with van der Waals surface area (Å²) in [6.07, 6.45) is 3.88. The van der Waals surface area contributed by atoms with Gasteiger partial charge in [-0.3, -0.25) is 9.59 Å². The largest absolute Gasteiger partial charge is 0.396 e. The molecule has 1 amide bonds. The van der Waals surface area contributed by atoms with Crippen molar-refractivity contribution in [1.29, 1.82) is 0 Å². The fourth-order valence-corrected chi connectivity index (χ4v) is 4.49. The molecule has 1 N–H and O–H groups in total. The van der Waals surface area contributed by atoms with Crippen molar-refractivity contribution in [3.05, 3.63) is 47.0 Å². The molecule has 2 aliphatic rings. The number of carbonyl (C=O) groups excluding carboxylic acids is 1. The second-order valence-electron chi connectivity index (χ2n) is 8.36. The van der Waals surface area contributed by atoms with Gasteiger partial charge < -0.3 is 19.5 Å². The van der Waals surface area contributed by atoms with E-state index in [1.165, 1.54) is 10.9 Å². The quantitative estimate of drug-likeness (QED) is 0.695. The highest BCUT2D eigenvalue weighted by atomic mass is 16.3. The highest BCUT2D eigenvalue weighted by Gasteiger charge is 2.26. The topological polar surface area (TPSA) is 91.6 Å². The van der Waals surface area contributed by atoms with Crippen LogP contribution in [0.5, 0.6) is 0 Å². The van der Waals surface area contributed by atoms with Crippen LogP contribution in [0.2, 0.25) is 0 Å². The molecule has 1 atom stereocenters. The summed E-state index contributed by atoms with van der Waals surface area (Å²) >= 11 is 0. The van der Waals surface area contributed by atoms with Gasteiger partial charge in [0.15, 0.2) is 0 Å². The minimum absolute atomic E-state index is 0.126. The van der Waals surface area contributed by atoms with Crippen molar-refractivity contribution in [1.82, 2.24) is 14.5 Å². The van der Waals surface area contributed by atoms with Gasteiger partial charge in [-0.05, 0) is 31.0 Å². The van der Waals surface area contributed by atoms with Gasteiger partial charge in [0, 0.05) is 56.9 Å². The molecule has 2 aromatic heterocycles. The molecule has 2 aliphatic heterocycles. The lowest BCUT2D eigenvalue weighted by Gasteiger charge is -2.20. The van der Waals surface area contributed by atoms with E-state index < -0.39 is 0 Å². The number of hydrogen-bond donors (Lipinski definition) is 1. The van der Waals surface area contributed by atoms with Gasteiger partial charge in [0.2, 0.25) is 5.91 Å². The molecule has 1 aromatic carbocycles. The second-order valence-corrected chi connectivity index (χ2v) is 8.36. The van der Waals surface area contributed by atoms with Gasteiger partial charge in [0.1, 0.15) is 11.2 Å². The number of benzene rings is 1. The maximum atomic E-state index is 12.9. The third-order valence-electron chi connectivity index (χ3n) is 6.28. The number of aryl methyl sites for hydroxylation is 1. The Labute approximate surface area is 179 Å². The molecule has 1 unspecified atom stereocenters. The molecular formula is C23H25N5O3. The SMILES string of the molecule is Cn1cnc2cc(-c3ccc(N4CCCC4=O)cc3)nc(N3CCC(CO)C3)c2c1=O. The Morgan fingerprint density at radius 3 is 2.65 bits per heavy atom. The third kappa shape index (κ3) is 3.46. The first kappa shape index (κ1) is 19.7. The van der Waals surface area contributed by atoms with Crippen molar-refractivity contribution in [2.45, 2.75) is 19.3 Å². The molecule has 2 fully saturated rings. The van der Waals surface area contributed by atoms with Crippen LogP contribution in [-0.4, -0.2) is 51.8 Å². The average molecular weight is 419 g/mol. The summed E-state index contributed by atoms with van der Waals surface area (Å²) in [6, 6.07) is 9.65. The van der Waals surface area contributed by atoms with Gasteiger partial charge in [-0.15, -0.1) is 0 Å². The van der Waals surface area contributed by atoms with E-state index in [9.17, 15) is 14.7 Å². The molecule has 0 saturated carbocycles. The van der Waals surface area contributed by atoms with E-state index in [0.29, 0.717) is 29.7 Å². The fourth-order valence-electron chi connectivity index (χ4n) is 4.49. The lowest BCUT2D eigenvalue weighted by Crippen LogP contribution is -2.26. The molecule has 0 aliphatic carbocycles. The fraction of sp³-hybridized carbons (Fsp3) is 0.391. The van der Waals surface area contributed by atoms with E-state index in [4.69, 9.17) is 4.98 Å². The number of rotatable bonds is 4. The minimum Gasteiger partial charge on any atom is -0.396 e. The summed E-state index contributed by atoms with van der Waals surface area (Å²) < 4.78 is 1.47. The Morgan fingerprint density at radius 1 is 1.16 bits per heavy atom. The summed E-state index contributed by atoms with van der Waals surface area (Å²) in [5.41, 5.74) is 3.00. The summed E-state index contributed by atoms with van der Waals surface area (Å²) in [5.74, 6) is 0.959. The molecule has 0 bridgehead atoms. The number of pyridine rings is 1. The third-order valence-corrected chi connectivity index (χ3v) is 6.28. The number of aliphatic hydroxyl groups excluding tert-OH is 1. The van der Waals surface area contributed by atoms with Gasteiger partial charge in [-0.25, -0.2) is 9.97 Å². The molecule has 8 nitrogen and oxygen atoms in total. The van der Waals surface area contributed by atoms with Crippen molar-refractivity contribution < 1.29 is 9.90 Å². The van der Waals surface area contributed by atoms with Crippen LogP contribution in [0.25, 0.3) is 22.2 Å². The molecule has 4 heterocycles. The predicted molar refractivity (Wildman–Crippen MR) is 119 cm³/mol. The number of aromatic nitrogens is 3. The summed E-state index contributed by atoms with van der Waals surface area (Å²) in [5, 5.41) is 10.1. The number of fused-ring (bicyclic) bond motifs is 1. The minimum atomic E-state index is -0.130. The molecule has 5 rings (SSSR count). The second kappa shape index (κ2) is 7.77. The molecule has 31 heavy (non-hydrogen) atoms. The highest BCUT2D eigenvalue weighted by Crippen LogP contribution is 2.31. The zero-order valence-electron chi connectivity index (χ0n) is 17.5. The monoisotopic (exact) mass is 419 g/mol. The van der Waals surface area contributed by atoms with E-state index >= 15 is 0 Å². The van der Waals surface area contributed by atoms with Crippen LogP contribution >= 0.6 is 0 Å². The number of nitrogens with zero attached hydrogens (tertiary/aromatic N) is 5. The highest BCUT2D eigenvalue weighted by molar-refractivity contribution is 5.96. The zero-order valence-corrected chi connectivity index (χ0v) is 17.5. The maximum Gasteiger partial charge on any atom is 0.264 e. The molecule has 0 radical (unpaired) electrons. The van der Waals surface area contributed by atoms with Crippen molar-refractivity contribution in [3.63, 3.8) is 0 Å². The van der Waals surface area contributed by atoms with Crippen LogP contribution in [0.1, 0.15) is 19.3 Å². The Hall–Kier alpha value is -3.26. The molecule has 8 heteroatoms. The first-order valence-corrected chi connectivity index (χ1v) is 10.7. The lowest BCUT2D eigenvalue weighted by molar-refractivity contribution is -0.117. The van der Waals surface area contributed by atoms with Crippen molar-refractivity contribution in [3.8, 4) is 11.3 Å². The van der Waals surface area contributed by atoms with Crippen LogP contribution in [0, 0.1) is 5.92 Å².